The SMILES string of the molecule is Cc1cc(O)c(O)cc1C(c1ccc(C2CCC2)cc1)c1cc(O)c(O)cc1C. The second kappa shape index (κ2) is 7.36. The van der Waals surface area contributed by atoms with Crippen molar-refractivity contribution in [2.45, 2.75) is 44.9 Å². The summed E-state index contributed by atoms with van der Waals surface area (Å²) >= 11 is 0. The third-order valence-electron chi connectivity index (χ3n) is 6.19. The van der Waals surface area contributed by atoms with E-state index in [1.807, 2.05) is 13.8 Å². The lowest BCUT2D eigenvalue weighted by Gasteiger charge is -2.27. The van der Waals surface area contributed by atoms with E-state index in [2.05, 4.69) is 24.3 Å². The predicted octanol–water partition coefficient (Wildman–Crippen LogP) is 5.57. The highest BCUT2D eigenvalue weighted by Crippen LogP contribution is 2.43. The number of aromatic hydroxyl groups is 4. The molecule has 0 bridgehead atoms. The Morgan fingerprint density at radius 3 is 1.55 bits per heavy atom. The second-order valence-electron chi connectivity index (χ2n) is 8.12. The van der Waals surface area contributed by atoms with Crippen molar-refractivity contribution in [3.63, 3.8) is 0 Å². The minimum atomic E-state index is -0.261. The molecule has 4 nitrogen and oxygen atoms in total. The first-order chi connectivity index (χ1) is 13.8. The van der Waals surface area contributed by atoms with Crippen LogP contribution in [0.25, 0.3) is 0 Å². The van der Waals surface area contributed by atoms with Gasteiger partial charge in [-0.15, -0.1) is 0 Å². The molecule has 4 heteroatoms. The maximum absolute atomic E-state index is 10.2. The molecule has 0 atom stereocenters. The van der Waals surface area contributed by atoms with E-state index in [1.165, 1.54) is 24.8 Å². The Bertz CT molecular complexity index is 992. The van der Waals surface area contributed by atoms with Crippen LogP contribution in [0.4, 0.5) is 0 Å². The third-order valence-corrected chi connectivity index (χ3v) is 6.19. The molecule has 29 heavy (non-hydrogen) atoms. The molecule has 1 saturated carbocycles. The summed E-state index contributed by atoms with van der Waals surface area (Å²) in [6, 6.07) is 14.8. The molecule has 1 fully saturated rings. The molecule has 4 rings (SSSR count). The zero-order valence-corrected chi connectivity index (χ0v) is 16.7. The smallest absolute Gasteiger partial charge is 0.157 e. The summed E-state index contributed by atoms with van der Waals surface area (Å²) in [5.41, 5.74) is 5.71. The highest BCUT2D eigenvalue weighted by Gasteiger charge is 2.25. The Morgan fingerprint density at radius 2 is 1.14 bits per heavy atom. The molecule has 150 valence electrons. The first-order valence-electron chi connectivity index (χ1n) is 10.00. The van der Waals surface area contributed by atoms with E-state index in [-0.39, 0.29) is 28.9 Å². The summed E-state index contributed by atoms with van der Waals surface area (Å²) < 4.78 is 0. The molecule has 4 N–H and O–H groups in total. The summed E-state index contributed by atoms with van der Waals surface area (Å²) in [6.45, 7) is 3.78. The molecule has 3 aromatic carbocycles. The average molecular weight is 390 g/mol. The van der Waals surface area contributed by atoms with E-state index < -0.39 is 0 Å². The summed E-state index contributed by atoms with van der Waals surface area (Å²) in [7, 11) is 0. The van der Waals surface area contributed by atoms with Gasteiger partial charge in [0.1, 0.15) is 0 Å². The minimum absolute atomic E-state index is 0.157. The summed E-state index contributed by atoms with van der Waals surface area (Å²) in [6.07, 6.45) is 3.75. The molecule has 1 aliphatic rings. The Kier molecular flexibility index (Phi) is 4.87. The van der Waals surface area contributed by atoms with Crippen molar-refractivity contribution in [1.29, 1.82) is 0 Å². The maximum atomic E-state index is 10.2. The van der Waals surface area contributed by atoms with Crippen molar-refractivity contribution in [3.05, 3.63) is 81.9 Å². The van der Waals surface area contributed by atoms with Crippen LogP contribution in [0.5, 0.6) is 23.0 Å². The van der Waals surface area contributed by atoms with Crippen molar-refractivity contribution >= 4 is 0 Å². The fraction of sp³-hybridized carbons (Fsp3) is 0.280. The van der Waals surface area contributed by atoms with Gasteiger partial charge in [-0.2, -0.15) is 0 Å². The molecule has 0 heterocycles. The van der Waals surface area contributed by atoms with E-state index in [4.69, 9.17) is 0 Å². The molecular weight excluding hydrogens is 364 g/mol. The van der Waals surface area contributed by atoms with E-state index in [0.717, 1.165) is 27.8 Å². The quantitative estimate of drug-likeness (QED) is 0.347. The van der Waals surface area contributed by atoms with Gasteiger partial charge in [-0.3, -0.25) is 0 Å². The van der Waals surface area contributed by atoms with E-state index in [1.54, 1.807) is 24.3 Å². The zero-order chi connectivity index (χ0) is 20.7. The third kappa shape index (κ3) is 3.51. The molecule has 3 aromatic rings. The van der Waals surface area contributed by atoms with E-state index >= 15 is 0 Å². The largest absolute Gasteiger partial charge is 0.504 e. The number of aryl methyl sites for hydroxylation is 2. The normalized spacial score (nSPS) is 14.2. The van der Waals surface area contributed by atoms with Gasteiger partial charge in [0, 0.05) is 5.92 Å². The molecule has 0 spiro atoms. The molecule has 0 radical (unpaired) electrons. The second-order valence-corrected chi connectivity index (χ2v) is 8.12. The Morgan fingerprint density at radius 1 is 0.690 bits per heavy atom. The van der Waals surface area contributed by atoms with Crippen LogP contribution in [0.3, 0.4) is 0 Å². The van der Waals surface area contributed by atoms with Gasteiger partial charge >= 0.3 is 0 Å². The summed E-state index contributed by atoms with van der Waals surface area (Å²) in [5.74, 6) is -0.291. The van der Waals surface area contributed by atoms with Gasteiger partial charge in [-0.05, 0) is 90.3 Å². The Labute approximate surface area is 170 Å². The van der Waals surface area contributed by atoms with Gasteiger partial charge in [-0.1, -0.05) is 30.7 Å². The molecule has 0 aliphatic heterocycles. The van der Waals surface area contributed by atoms with Gasteiger partial charge in [0.15, 0.2) is 23.0 Å². The first kappa shape index (κ1) is 19.2. The van der Waals surface area contributed by atoms with Crippen LogP contribution >= 0.6 is 0 Å². The van der Waals surface area contributed by atoms with E-state index in [9.17, 15) is 20.4 Å². The van der Waals surface area contributed by atoms with Crippen molar-refractivity contribution in [3.8, 4) is 23.0 Å². The lowest BCUT2D eigenvalue weighted by molar-refractivity contribution is 0.401. The molecule has 0 aromatic heterocycles. The Hall–Kier alpha value is -3.14. The van der Waals surface area contributed by atoms with Gasteiger partial charge in [0.05, 0.1) is 0 Å². The van der Waals surface area contributed by atoms with Crippen LogP contribution in [0.15, 0.2) is 48.5 Å². The highest BCUT2D eigenvalue weighted by molar-refractivity contribution is 5.57. The highest BCUT2D eigenvalue weighted by atomic mass is 16.3. The fourth-order valence-electron chi connectivity index (χ4n) is 4.25. The van der Waals surface area contributed by atoms with Crippen LogP contribution in [0.1, 0.15) is 64.5 Å². The minimum Gasteiger partial charge on any atom is -0.504 e. The van der Waals surface area contributed by atoms with Crippen LogP contribution in [-0.2, 0) is 0 Å². The van der Waals surface area contributed by atoms with Gasteiger partial charge in [0.2, 0.25) is 0 Å². The summed E-state index contributed by atoms with van der Waals surface area (Å²) in [4.78, 5) is 0. The number of phenols is 4. The van der Waals surface area contributed by atoms with Crippen LogP contribution in [0, 0.1) is 13.8 Å². The van der Waals surface area contributed by atoms with E-state index in [0.29, 0.717) is 5.92 Å². The van der Waals surface area contributed by atoms with Crippen molar-refractivity contribution < 1.29 is 20.4 Å². The first-order valence-corrected chi connectivity index (χ1v) is 10.00. The summed E-state index contributed by atoms with van der Waals surface area (Å²) in [5, 5.41) is 40.1. The lowest BCUT2D eigenvalue weighted by atomic mass is 9.77. The average Bonchev–Trinajstić information content (AvgIpc) is 2.63. The number of phenolic OH excluding ortho intramolecular Hbond substituents is 4. The van der Waals surface area contributed by atoms with Gasteiger partial charge in [0.25, 0.3) is 0 Å². The van der Waals surface area contributed by atoms with Crippen LogP contribution in [0.2, 0.25) is 0 Å². The molecule has 0 saturated heterocycles. The molecule has 0 unspecified atom stereocenters. The zero-order valence-electron chi connectivity index (χ0n) is 16.7. The molecular formula is C25H26O4. The molecule has 0 amide bonds. The van der Waals surface area contributed by atoms with Crippen molar-refractivity contribution in [2.75, 3.05) is 0 Å². The number of rotatable bonds is 4. The monoisotopic (exact) mass is 390 g/mol. The standard InChI is InChI=1S/C25H26O4/c1-14-10-21(26)23(28)12-19(14)25(20-13-24(29)22(27)11-15(20)2)18-8-6-17(7-9-18)16-4-3-5-16/h6-13,16,25-29H,3-5H2,1-2H3. The maximum Gasteiger partial charge on any atom is 0.157 e. The van der Waals surface area contributed by atoms with Gasteiger partial charge < -0.3 is 20.4 Å². The number of benzene rings is 3. The predicted molar refractivity (Wildman–Crippen MR) is 113 cm³/mol. The molecule has 1 aliphatic carbocycles. The van der Waals surface area contributed by atoms with Gasteiger partial charge in [-0.25, -0.2) is 0 Å². The fourth-order valence-corrected chi connectivity index (χ4v) is 4.25. The lowest BCUT2D eigenvalue weighted by Crippen LogP contribution is -2.10. The number of hydrogen-bond acceptors (Lipinski definition) is 4. The topological polar surface area (TPSA) is 80.9 Å². The van der Waals surface area contributed by atoms with Crippen LogP contribution < -0.4 is 0 Å². The number of hydrogen-bond donors (Lipinski definition) is 4. The van der Waals surface area contributed by atoms with Crippen molar-refractivity contribution in [1.82, 2.24) is 0 Å². The Balaban J connectivity index is 1.88. The van der Waals surface area contributed by atoms with Crippen molar-refractivity contribution in [2.24, 2.45) is 0 Å². The van der Waals surface area contributed by atoms with Crippen LogP contribution in [-0.4, -0.2) is 20.4 Å².